The van der Waals surface area contributed by atoms with Crippen LogP contribution in [-0.4, -0.2) is 47.1 Å². The van der Waals surface area contributed by atoms with Gasteiger partial charge in [0.05, 0.1) is 24.1 Å². The molecule has 1 aromatic carbocycles. The highest BCUT2D eigenvalue weighted by Crippen LogP contribution is 2.55. The molecule has 0 aromatic heterocycles. The molecule has 2 saturated heterocycles. The van der Waals surface area contributed by atoms with Crippen molar-refractivity contribution in [2.24, 2.45) is 17.1 Å². The van der Waals surface area contributed by atoms with Gasteiger partial charge in [0.15, 0.2) is 0 Å². The lowest BCUT2D eigenvalue weighted by atomic mass is 9.75. The standard InChI is InChI=1S/C18H23N3O.C3H7NO2/c1-13(2)9-21-15(14-7-5-4-6-8-14)17(3,11-19)10-18(21)12-20-16(18)22;4-3(6)1-2-5/h4-8,13,15H,9-10,12H2,1-3H3,(H,20,22);5H,1-2H2,(H2,4,6). The van der Waals surface area contributed by atoms with Gasteiger partial charge in [-0.2, -0.15) is 5.26 Å². The van der Waals surface area contributed by atoms with Crippen LogP contribution in [0.15, 0.2) is 30.3 Å². The molecule has 1 aromatic rings. The number of nitriles is 1. The van der Waals surface area contributed by atoms with Crippen LogP contribution in [0, 0.1) is 22.7 Å². The molecule has 0 saturated carbocycles. The number of hydrogen-bond acceptors (Lipinski definition) is 5. The van der Waals surface area contributed by atoms with Crippen molar-refractivity contribution in [3.05, 3.63) is 35.9 Å². The predicted octanol–water partition coefficient (Wildman–Crippen LogP) is 1.34. The highest BCUT2D eigenvalue weighted by atomic mass is 16.3. The molecule has 152 valence electrons. The summed E-state index contributed by atoms with van der Waals surface area (Å²) in [5, 5.41) is 20.7. The summed E-state index contributed by atoms with van der Waals surface area (Å²) in [5.74, 6) is 0.0584. The number of nitrogens with one attached hydrogen (secondary N) is 1. The van der Waals surface area contributed by atoms with Crippen molar-refractivity contribution >= 4 is 11.8 Å². The number of carbonyl (C=O) groups is 2. The van der Waals surface area contributed by atoms with E-state index >= 15 is 0 Å². The Labute approximate surface area is 166 Å². The number of nitrogens with two attached hydrogens (primary N) is 1. The maximum atomic E-state index is 12.4. The van der Waals surface area contributed by atoms with Crippen molar-refractivity contribution < 1.29 is 14.7 Å². The average molecular weight is 386 g/mol. The molecule has 0 radical (unpaired) electrons. The summed E-state index contributed by atoms with van der Waals surface area (Å²) in [6.45, 7) is 7.65. The van der Waals surface area contributed by atoms with Crippen LogP contribution in [0.1, 0.15) is 45.2 Å². The lowest BCUT2D eigenvalue weighted by molar-refractivity contribution is -0.142. The maximum Gasteiger partial charge on any atom is 0.242 e. The molecule has 7 heteroatoms. The molecular formula is C21H30N4O3. The van der Waals surface area contributed by atoms with Gasteiger partial charge in [0.2, 0.25) is 11.8 Å². The third-order valence-corrected chi connectivity index (χ3v) is 5.38. The molecule has 2 aliphatic rings. The number of amides is 2. The zero-order valence-electron chi connectivity index (χ0n) is 16.8. The SMILES string of the molecule is CC(C)CN1C(c2ccccc2)C(C)(C#N)CC12CNC2=O.NC(=O)CCO. The third kappa shape index (κ3) is 4.18. The fourth-order valence-corrected chi connectivity index (χ4v) is 4.20. The van der Waals surface area contributed by atoms with Crippen LogP contribution in [-0.2, 0) is 9.59 Å². The molecule has 1 spiro atoms. The van der Waals surface area contributed by atoms with E-state index in [1.165, 1.54) is 0 Å². The van der Waals surface area contributed by atoms with E-state index in [0.29, 0.717) is 18.9 Å². The van der Waals surface area contributed by atoms with Crippen LogP contribution in [0.3, 0.4) is 0 Å². The van der Waals surface area contributed by atoms with Gasteiger partial charge in [-0.3, -0.25) is 14.5 Å². The molecule has 2 fully saturated rings. The minimum absolute atomic E-state index is 0.0350. The van der Waals surface area contributed by atoms with E-state index < -0.39 is 16.9 Å². The first-order valence-corrected chi connectivity index (χ1v) is 9.60. The summed E-state index contributed by atoms with van der Waals surface area (Å²) in [6, 6.07) is 12.6. The molecule has 3 atom stereocenters. The summed E-state index contributed by atoms with van der Waals surface area (Å²) in [6.07, 6.45) is 0.675. The minimum Gasteiger partial charge on any atom is -0.396 e. The van der Waals surface area contributed by atoms with E-state index in [-0.39, 0.29) is 25.0 Å². The fraction of sp³-hybridized carbons (Fsp3) is 0.571. The minimum atomic E-state index is -0.548. The van der Waals surface area contributed by atoms with Gasteiger partial charge < -0.3 is 16.2 Å². The Bertz CT molecular complexity index is 746. The number of aliphatic hydroxyl groups is 1. The van der Waals surface area contributed by atoms with Gasteiger partial charge in [0.25, 0.3) is 0 Å². The number of primary amides is 1. The smallest absolute Gasteiger partial charge is 0.242 e. The Balaban J connectivity index is 0.000000409. The van der Waals surface area contributed by atoms with E-state index in [2.05, 4.69) is 48.0 Å². The van der Waals surface area contributed by atoms with Crippen LogP contribution in [0.5, 0.6) is 0 Å². The molecule has 3 unspecified atom stereocenters. The van der Waals surface area contributed by atoms with Crippen molar-refractivity contribution in [1.82, 2.24) is 10.2 Å². The second kappa shape index (κ2) is 8.72. The average Bonchev–Trinajstić information content (AvgIpc) is 2.92. The van der Waals surface area contributed by atoms with Gasteiger partial charge in [-0.15, -0.1) is 0 Å². The van der Waals surface area contributed by atoms with Gasteiger partial charge in [-0.25, -0.2) is 0 Å². The Hall–Kier alpha value is -2.43. The van der Waals surface area contributed by atoms with Crippen LogP contribution in [0.2, 0.25) is 0 Å². The molecule has 4 N–H and O–H groups in total. The molecule has 2 heterocycles. The van der Waals surface area contributed by atoms with Crippen LogP contribution >= 0.6 is 0 Å². The number of β-lactam (4-membered cyclic amide) rings is 1. The number of carbonyl (C=O) groups excluding carboxylic acids is 2. The highest BCUT2D eigenvalue weighted by molar-refractivity contribution is 5.93. The van der Waals surface area contributed by atoms with Crippen molar-refractivity contribution in [2.45, 2.75) is 45.2 Å². The lowest BCUT2D eigenvalue weighted by Crippen LogP contribution is -2.71. The monoisotopic (exact) mass is 386 g/mol. The van der Waals surface area contributed by atoms with E-state index in [1.807, 2.05) is 25.1 Å². The zero-order valence-corrected chi connectivity index (χ0v) is 16.8. The fourth-order valence-electron chi connectivity index (χ4n) is 4.20. The maximum absolute atomic E-state index is 12.4. The summed E-state index contributed by atoms with van der Waals surface area (Å²) in [4.78, 5) is 24.3. The Morgan fingerprint density at radius 1 is 1.43 bits per heavy atom. The van der Waals surface area contributed by atoms with Gasteiger partial charge in [-0.05, 0) is 24.8 Å². The van der Waals surface area contributed by atoms with Crippen LogP contribution in [0.4, 0.5) is 0 Å². The van der Waals surface area contributed by atoms with Crippen molar-refractivity contribution in [1.29, 1.82) is 5.26 Å². The normalized spacial score (nSPS) is 28.9. The molecule has 7 nitrogen and oxygen atoms in total. The van der Waals surface area contributed by atoms with E-state index in [1.54, 1.807) is 0 Å². The predicted molar refractivity (Wildman–Crippen MR) is 106 cm³/mol. The Morgan fingerprint density at radius 2 is 2.07 bits per heavy atom. The molecule has 2 amide bonds. The number of hydrogen-bond donors (Lipinski definition) is 3. The van der Waals surface area contributed by atoms with Gasteiger partial charge in [-0.1, -0.05) is 44.2 Å². The van der Waals surface area contributed by atoms with Crippen LogP contribution < -0.4 is 11.1 Å². The van der Waals surface area contributed by atoms with E-state index in [4.69, 9.17) is 5.11 Å². The molecule has 28 heavy (non-hydrogen) atoms. The number of likely N-dealkylation sites (tertiary alicyclic amines) is 1. The van der Waals surface area contributed by atoms with E-state index in [9.17, 15) is 14.9 Å². The lowest BCUT2D eigenvalue weighted by Gasteiger charge is -2.46. The molecule has 3 rings (SSSR count). The first-order valence-electron chi connectivity index (χ1n) is 9.60. The summed E-state index contributed by atoms with van der Waals surface area (Å²) >= 11 is 0. The zero-order chi connectivity index (χ0) is 20.9. The summed E-state index contributed by atoms with van der Waals surface area (Å²) in [5.41, 5.74) is 4.68. The largest absolute Gasteiger partial charge is 0.396 e. The Morgan fingerprint density at radius 3 is 2.43 bits per heavy atom. The number of nitrogens with zero attached hydrogens (tertiary/aromatic N) is 2. The second-order valence-corrected chi connectivity index (χ2v) is 8.22. The summed E-state index contributed by atoms with van der Waals surface area (Å²) in [7, 11) is 0. The topological polar surface area (TPSA) is 119 Å². The van der Waals surface area contributed by atoms with Crippen molar-refractivity contribution in [2.75, 3.05) is 19.7 Å². The molecular weight excluding hydrogens is 356 g/mol. The third-order valence-electron chi connectivity index (χ3n) is 5.38. The Kier molecular flexibility index (Phi) is 6.81. The van der Waals surface area contributed by atoms with Crippen molar-refractivity contribution in [3.8, 4) is 6.07 Å². The quantitative estimate of drug-likeness (QED) is 0.660. The molecule has 0 aliphatic carbocycles. The van der Waals surface area contributed by atoms with E-state index in [0.717, 1.165) is 12.1 Å². The van der Waals surface area contributed by atoms with Gasteiger partial charge >= 0.3 is 0 Å². The molecule has 0 bridgehead atoms. The van der Waals surface area contributed by atoms with Crippen LogP contribution in [0.25, 0.3) is 0 Å². The number of rotatable bonds is 5. The highest BCUT2D eigenvalue weighted by Gasteiger charge is 2.65. The first kappa shape index (κ1) is 21.9. The first-order chi connectivity index (χ1) is 13.2. The second-order valence-electron chi connectivity index (χ2n) is 8.22. The van der Waals surface area contributed by atoms with Gasteiger partial charge in [0, 0.05) is 19.5 Å². The number of aliphatic hydroxyl groups excluding tert-OH is 1. The summed E-state index contributed by atoms with van der Waals surface area (Å²) < 4.78 is 0. The van der Waals surface area contributed by atoms with Gasteiger partial charge in [0.1, 0.15) is 5.54 Å². The number of benzene rings is 1. The van der Waals surface area contributed by atoms with Crippen molar-refractivity contribution in [3.63, 3.8) is 0 Å². The molecule has 2 aliphatic heterocycles.